The summed E-state index contributed by atoms with van der Waals surface area (Å²) in [5, 5.41) is 9.63. The third kappa shape index (κ3) is 4.51. The van der Waals surface area contributed by atoms with E-state index in [1.54, 1.807) is 0 Å². The van der Waals surface area contributed by atoms with E-state index in [1.165, 1.54) is 0 Å². The van der Waals surface area contributed by atoms with Crippen LogP contribution in [0.4, 0.5) is 13.2 Å². The Balaban J connectivity index is 2.95. The molecule has 0 aromatic carbocycles. The largest absolute Gasteiger partial charge is 0.414 e. The number of allylic oxidation sites excluding steroid dienone is 1. The molecule has 1 fully saturated rings. The van der Waals surface area contributed by atoms with Crippen LogP contribution in [-0.4, -0.2) is 17.4 Å². The number of aliphatic hydroxyl groups is 1. The molecule has 112 valence electrons. The predicted molar refractivity (Wildman–Crippen MR) is 70.7 cm³/mol. The van der Waals surface area contributed by atoms with Crippen LogP contribution < -0.4 is 0 Å². The lowest BCUT2D eigenvalue weighted by atomic mass is 9.71. The zero-order valence-corrected chi connectivity index (χ0v) is 12.2. The van der Waals surface area contributed by atoms with E-state index in [0.29, 0.717) is 18.8 Å². The van der Waals surface area contributed by atoms with E-state index in [4.69, 9.17) is 0 Å². The topological polar surface area (TPSA) is 20.2 Å². The van der Waals surface area contributed by atoms with E-state index in [0.717, 1.165) is 12.0 Å². The number of hydrogen-bond donors (Lipinski definition) is 1. The van der Waals surface area contributed by atoms with Gasteiger partial charge < -0.3 is 5.11 Å². The second-order valence-corrected chi connectivity index (χ2v) is 6.36. The summed E-state index contributed by atoms with van der Waals surface area (Å²) < 4.78 is 38.4. The van der Waals surface area contributed by atoms with Gasteiger partial charge in [-0.3, -0.25) is 0 Å². The van der Waals surface area contributed by atoms with Crippen LogP contribution in [0.15, 0.2) is 11.6 Å². The maximum absolute atomic E-state index is 12.8. The summed E-state index contributed by atoms with van der Waals surface area (Å²) in [6.07, 6.45) is -2.80. The van der Waals surface area contributed by atoms with Crippen molar-refractivity contribution in [2.45, 2.75) is 59.2 Å². The first kappa shape index (κ1) is 16.5. The molecule has 1 rings (SSSR count). The Morgan fingerprint density at radius 1 is 1.21 bits per heavy atom. The lowest BCUT2D eigenvalue weighted by Gasteiger charge is -2.37. The molecule has 0 spiro atoms. The van der Waals surface area contributed by atoms with Crippen LogP contribution in [0.1, 0.15) is 47.0 Å². The second-order valence-electron chi connectivity index (χ2n) is 6.36. The van der Waals surface area contributed by atoms with Crippen molar-refractivity contribution >= 4 is 0 Å². The fraction of sp³-hybridized carbons (Fsp3) is 0.867. The minimum Gasteiger partial charge on any atom is -0.383 e. The zero-order valence-electron chi connectivity index (χ0n) is 12.2. The number of rotatable bonds is 3. The van der Waals surface area contributed by atoms with E-state index in [9.17, 15) is 18.3 Å². The molecule has 1 saturated carbocycles. The van der Waals surface area contributed by atoms with Crippen molar-refractivity contribution < 1.29 is 18.3 Å². The second kappa shape index (κ2) is 6.29. The van der Waals surface area contributed by atoms with Crippen LogP contribution in [0.25, 0.3) is 0 Å². The van der Waals surface area contributed by atoms with Gasteiger partial charge >= 0.3 is 6.18 Å². The van der Waals surface area contributed by atoms with Gasteiger partial charge in [-0.1, -0.05) is 39.3 Å². The monoisotopic (exact) mass is 278 g/mol. The standard InChI is InChI=1S/C15H25F3O/c1-9(2)7-12-6-5-11(10(3)4)8-13(12)14(19)15(16,17)18/h7,9-11,13-14,19H,5-6,8H2,1-4H3/b12-7-. The maximum atomic E-state index is 12.8. The molecule has 0 bridgehead atoms. The van der Waals surface area contributed by atoms with Gasteiger partial charge in [0.05, 0.1) is 0 Å². The molecule has 0 saturated heterocycles. The molecular weight excluding hydrogens is 253 g/mol. The van der Waals surface area contributed by atoms with Crippen LogP contribution in [0.5, 0.6) is 0 Å². The number of hydrogen-bond acceptors (Lipinski definition) is 1. The third-order valence-electron chi connectivity index (χ3n) is 4.04. The van der Waals surface area contributed by atoms with Crippen molar-refractivity contribution in [2.24, 2.45) is 23.7 Å². The quantitative estimate of drug-likeness (QED) is 0.750. The average molecular weight is 278 g/mol. The van der Waals surface area contributed by atoms with Gasteiger partial charge in [0.2, 0.25) is 0 Å². The Bertz CT molecular complexity index is 318. The molecule has 0 aromatic rings. The van der Waals surface area contributed by atoms with Crippen molar-refractivity contribution in [1.29, 1.82) is 0 Å². The van der Waals surface area contributed by atoms with Gasteiger partial charge in [0.15, 0.2) is 6.10 Å². The van der Waals surface area contributed by atoms with Gasteiger partial charge in [-0.25, -0.2) is 0 Å². The lowest BCUT2D eigenvalue weighted by molar-refractivity contribution is -0.218. The summed E-state index contributed by atoms with van der Waals surface area (Å²) in [6.45, 7) is 7.99. The fourth-order valence-electron chi connectivity index (χ4n) is 2.93. The van der Waals surface area contributed by atoms with Crippen LogP contribution in [-0.2, 0) is 0 Å². The van der Waals surface area contributed by atoms with Gasteiger partial charge in [-0.05, 0) is 37.0 Å². The highest BCUT2D eigenvalue weighted by molar-refractivity contribution is 5.14. The first-order valence-electron chi connectivity index (χ1n) is 7.08. The first-order chi connectivity index (χ1) is 8.62. The molecule has 0 radical (unpaired) electrons. The van der Waals surface area contributed by atoms with Crippen LogP contribution in [0.3, 0.4) is 0 Å². The minimum atomic E-state index is -4.53. The summed E-state index contributed by atoms with van der Waals surface area (Å²) in [4.78, 5) is 0. The van der Waals surface area contributed by atoms with E-state index >= 15 is 0 Å². The Labute approximate surface area is 113 Å². The SMILES string of the molecule is CC(C)/C=C1/CCC(C(C)C)CC1C(O)C(F)(F)F. The van der Waals surface area contributed by atoms with E-state index in [-0.39, 0.29) is 11.8 Å². The summed E-state index contributed by atoms with van der Waals surface area (Å²) >= 11 is 0. The van der Waals surface area contributed by atoms with Crippen molar-refractivity contribution in [2.75, 3.05) is 0 Å². The van der Waals surface area contributed by atoms with Crippen LogP contribution >= 0.6 is 0 Å². The Kier molecular flexibility index (Phi) is 5.48. The predicted octanol–water partition coefficient (Wildman–Crippen LogP) is 4.56. The van der Waals surface area contributed by atoms with E-state index < -0.39 is 18.2 Å². The molecule has 1 N–H and O–H groups in total. The molecule has 19 heavy (non-hydrogen) atoms. The number of halogens is 3. The first-order valence-corrected chi connectivity index (χ1v) is 7.08. The third-order valence-corrected chi connectivity index (χ3v) is 4.04. The van der Waals surface area contributed by atoms with Crippen LogP contribution in [0.2, 0.25) is 0 Å². The Hall–Kier alpha value is -0.510. The van der Waals surface area contributed by atoms with Gasteiger partial charge in [0, 0.05) is 5.92 Å². The normalized spacial score (nSPS) is 29.3. The molecular formula is C15H25F3O. The molecule has 1 aliphatic carbocycles. The van der Waals surface area contributed by atoms with Gasteiger partial charge in [-0.15, -0.1) is 0 Å². The molecule has 1 nitrogen and oxygen atoms in total. The van der Waals surface area contributed by atoms with Crippen molar-refractivity contribution in [3.8, 4) is 0 Å². The van der Waals surface area contributed by atoms with Gasteiger partial charge in [0.1, 0.15) is 0 Å². The van der Waals surface area contributed by atoms with Crippen molar-refractivity contribution in [3.63, 3.8) is 0 Å². The minimum absolute atomic E-state index is 0.216. The molecule has 3 unspecified atom stereocenters. The molecule has 0 aliphatic heterocycles. The summed E-state index contributed by atoms with van der Waals surface area (Å²) in [5.74, 6) is 0.0897. The van der Waals surface area contributed by atoms with Gasteiger partial charge in [-0.2, -0.15) is 13.2 Å². The molecule has 4 heteroatoms. The number of alkyl halides is 3. The summed E-state index contributed by atoms with van der Waals surface area (Å²) in [6, 6.07) is 0. The lowest BCUT2D eigenvalue weighted by Crippen LogP contribution is -2.40. The molecule has 0 aromatic heterocycles. The molecule has 1 aliphatic rings. The highest BCUT2D eigenvalue weighted by Gasteiger charge is 2.46. The molecule has 0 heterocycles. The Morgan fingerprint density at radius 2 is 1.79 bits per heavy atom. The Morgan fingerprint density at radius 3 is 2.21 bits per heavy atom. The van der Waals surface area contributed by atoms with E-state index in [2.05, 4.69) is 0 Å². The van der Waals surface area contributed by atoms with E-state index in [1.807, 2.05) is 33.8 Å². The number of aliphatic hydroxyl groups excluding tert-OH is 1. The van der Waals surface area contributed by atoms with Crippen molar-refractivity contribution in [3.05, 3.63) is 11.6 Å². The highest BCUT2D eigenvalue weighted by atomic mass is 19.4. The zero-order chi connectivity index (χ0) is 14.8. The van der Waals surface area contributed by atoms with Gasteiger partial charge in [0.25, 0.3) is 0 Å². The molecule has 3 atom stereocenters. The fourth-order valence-corrected chi connectivity index (χ4v) is 2.93. The summed E-state index contributed by atoms with van der Waals surface area (Å²) in [7, 11) is 0. The molecule has 0 amide bonds. The highest BCUT2D eigenvalue weighted by Crippen LogP contribution is 2.42. The summed E-state index contributed by atoms with van der Waals surface area (Å²) in [5.41, 5.74) is 0.789. The van der Waals surface area contributed by atoms with Crippen molar-refractivity contribution in [1.82, 2.24) is 0 Å². The van der Waals surface area contributed by atoms with Crippen LogP contribution in [0, 0.1) is 23.7 Å². The average Bonchev–Trinajstić information content (AvgIpc) is 2.26. The smallest absolute Gasteiger partial charge is 0.383 e. The maximum Gasteiger partial charge on any atom is 0.414 e.